The lowest BCUT2D eigenvalue weighted by Crippen LogP contribution is -2.63. The summed E-state index contributed by atoms with van der Waals surface area (Å²) in [6.45, 7) is 0.207. The summed E-state index contributed by atoms with van der Waals surface area (Å²) in [7, 11) is -10.1. The first kappa shape index (κ1) is 37.1. The molecule has 0 spiro atoms. The van der Waals surface area contributed by atoms with Gasteiger partial charge in [-0.1, -0.05) is 0 Å². The molecular formula is C17H31N3O19P2. The summed E-state index contributed by atoms with van der Waals surface area (Å²) < 4.78 is 33.1. The van der Waals surface area contributed by atoms with Crippen molar-refractivity contribution >= 4 is 21.6 Å². The van der Waals surface area contributed by atoms with E-state index in [4.69, 9.17) is 39.3 Å². The number of aromatic amines is 1. The Balaban J connectivity index is 0.000000323. The molecule has 41 heavy (non-hydrogen) atoms. The molecular weight excluding hydrogens is 612 g/mol. The van der Waals surface area contributed by atoms with Crippen LogP contribution >= 0.6 is 15.6 Å². The van der Waals surface area contributed by atoms with Gasteiger partial charge in [0.1, 0.15) is 42.7 Å². The fraction of sp³-hybridized carbons (Fsp3) is 0.706. The minimum absolute atomic E-state index is 0.462. The van der Waals surface area contributed by atoms with Crippen molar-refractivity contribution in [2.45, 2.75) is 62.1 Å². The normalized spacial score (nSPS) is 31.8. The number of aliphatic hydroxyl groups excluding tert-OH is 7. The van der Waals surface area contributed by atoms with Crippen LogP contribution in [0.15, 0.2) is 21.9 Å². The number of ether oxygens (including phenoxy) is 2. The number of nitrogens with one attached hydrogen (secondary N) is 2. The molecule has 0 saturated carbocycles. The highest BCUT2D eigenvalue weighted by molar-refractivity contribution is 7.60. The van der Waals surface area contributed by atoms with Crippen molar-refractivity contribution < 1.29 is 83.0 Å². The molecule has 1 aromatic heterocycles. The van der Waals surface area contributed by atoms with Gasteiger partial charge >= 0.3 is 21.3 Å². The van der Waals surface area contributed by atoms with E-state index in [0.29, 0.717) is 0 Å². The Hall–Kier alpha value is -1.95. The van der Waals surface area contributed by atoms with E-state index in [-0.39, 0.29) is 0 Å². The van der Waals surface area contributed by atoms with Gasteiger partial charge < -0.3 is 70.1 Å². The summed E-state index contributed by atoms with van der Waals surface area (Å²) in [5, 5.41) is 67.5. The maximum absolute atomic E-state index is 11.4. The van der Waals surface area contributed by atoms with E-state index in [0.717, 1.165) is 16.8 Å². The second-order valence-electron chi connectivity index (χ2n) is 8.26. The van der Waals surface area contributed by atoms with Crippen LogP contribution in [0.2, 0.25) is 0 Å². The van der Waals surface area contributed by atoms with Gasteiger partial charge in [0.15, 0.2) is 12.5 Å². The molecule has 24 heteroatoms. The van der Waals surface area contributed by atoms with Crippen LogP contribution in [0.5, 0.6) is 0 Å². The highest BCUT2D eigenvalue weighted by Gasteiger charge is 2.44. The fourth-order valence-corrected chi connectivity index (χ4v) is 4.47. The Kier molecular flexibility index (Phi) is 14.0. The van der Waals surface area contributed by atoms with Crippen molar-refractivity contribution in [1.29, 1.82) is 0 Å². The number of H-pyrrole nitrogens is 1. The van der Waals surface area contributed by atoms with Crippen LogP contribution in [0.1, 0.15) is 13.2 Å². The van der Waals surface area contributed by atoms with E-state index in [1.807, 2.05) is 4.98 Å². The zero-order valence-electron chi connectivity index (χ0n) is 20.8. The largest absolute Gasteiger partial charge is 0.478 e. The van der Waals surface area contributed by atoms with E-state index in [1.54, 1.807) is 0 Å². The van der Waals surface area contributed by atoms with E-state index < -0.39 is 101 Å². The molecule has 3 heterocycles. The van der Waals surface area contributed by atoms with Crippen molar-refractivity contribution in [3.05, 3.63) is 33.1 Å². The molecule has 2 aliphatic heterocycles. The molecule has 3 rings (SSSR count). The summed E-state index contributed by atoms with van der Waals surface area (Å²) in [6, 6.07) is -0.00356. The predicted molar refractivity (Wildman–Crippen MR) is 127 cm³/mol. The Morgan fingerprint density at radius 2 is 1.41 bits per heavy atom. The van der Waals surface area contributed by atoms with E-state index in [1.165, 1.54) is 6.92 Å². The van der Waals surface area contributed by atoms with Gasteiger partial charge in [-0.2, -0.15) is 4.31 Å². The Morgan fingerprint density at radius 1 is 0.927 bits per heavy atom. The number of carbonyl (C=O) groups excluding carboxylic acids is 1. The topological polar surface area (TPSA) is 368 Å². The van der Waals surface area contributed by atoms with Gasteiger partial charge in [-0.15, -0.1) is 0 Å². The second-order valence-corrected chi connectivity index (χ2v) is 10.9. The highest BCUT2D eigenvalue weighted by atomic mass is 31.3. The molecule has 9 atom stereocenters. The third-order valence-corrected chi connectivity index (χ3v) is 6.83. The molecule has 2 fully saturated rings. The smallest absolute Gasteiger partial charge is 0.394 e. The van der Waals surface area contributed by atoms with Crippen LogP contribution < -0.4 is 16.6 Å². The SMILES string of the molecule is CC(=O)N[C@@H]1[C@@H](O)[C@H](O)[C@@H](CO)O[C@@H]1O.O=P(O)(O)OP(=O)(O)O.O=c1ccn([C@@H]2O[C@H](CO)[C@@H](O)[C@H]2O)c(=O)[nH]1. The van der Waals surface area contributed by atoms with Gasteiger partial charge in [0.25, 0.3) is 5.56 Å². The number of aromatic nitrogens is 2. The van der Waals surface area contributed by atoms with Crippen LogP contribution in [0.3, 0.4) is 0 Å². The Bertz CT molecular complexity index is 1180. The van der Waals surface area contributed by atoms with E-state index in [2.05, 4.69) is 9.63 Å². The number of hydrogen-bond donors (Lipinski definition) is 13. The molecule has 2 aliphatic rings. The summed E-state index contributed by atoms with van der Waals surface area (Å²) in [5.41, 5.74) is -1.33. The van der Waals surface area contributed by atoms with Crippen LogP contribution in [0.4, 0.5) is 0 Å². The first-order chi connectivity index (χ1) is 18.7. The first-order valence-corrected chi connectivity index (χ1v) is 14.1. The first-order valence-electron chi connectivity index (χ1n) is 11.1. The van der Waals surface area contributed by atoms with Crippen LogP contribution in [0.25, 0.3) is 0 Å². The zero-order chi connectivity index (χ0) is 31.9. The van der Waals surface area contributed by atoms with Gasteiger partial charge in [-0.3, -0.25) is 19.1 Å². The number of hydrogen-bond acceptors (Lipinski definition) is 15. The number of nitrogens with zero attached hydrogens (tertiary/aromatic N) is 1. The summed E-state index contributed by atoms with van der Waals surface area (Å²) in [4.78, 5) is 66.0. The van der Waals surface area contributed by atoms with Crippen molar-refractivity contribution in [3.63, 3.8) is 0 Å². The zero-order valence-corrected chi connectivity index (χ0v) is 22.6. The number of rotatable bonds is 6. The number of amides is 1. The number of aliphatic hydroxyl groups is 7. The maximum Gasteiger partial charge on any atom is 0.478 e. The van der Waals surface area contributed by atoms with Gasteiger partial charge in [0.05, 0.1) is 13.2 Å². The lowest BCUT2D eigenvalue weighted by atomic mass is 9.97. The van der Waals surface area contributed by atoms with Crippen LogP contribution in [-0.2, 0) is 27.7 Å². The van der Waals surface area contributed by atoms with Crippen LogP contribution in [0, 0.1) is 0 Å². The molecule has 0 radical (unpaired) electrons. The summed E-state index contributed by atoms with van der Waals surface area (Å²) in [6.07, 6.45) is -8.82. The number of carbonyl (C=O) groups is 1. The van der Waals surface area contributed by atoms with E-state index >= 15 is 0 Å². The quantitative estimate of drug-likeness (QED) is 0.128. The fourth-order valence-electron chi connectivity index (χ4n) is 3.36. The molecule has 22 nitrogen and oxygen atoms in total. The molecule has 1 aromatic rings. The monoisotopic (exact) mass is 643 g/mol. The molecule has 238 valence electrons. The highest BCUT2D eigenvalue weighted by Crippen LogP contribution is 2.53. The maximum atomic E-state index is 11.4. The third-order valence-electron chi connectivity index (χ3n) is 5.13. The average molecular weight is 643 g/mol. The Morgan fingerprint density at radius 3 is 1.80 bits per heavy atom. The molecule has 1 amide bonds. The molecule has 0 bridgehead atoms. The summed E-state index contributed by atoms with van der Waals surface area (Å²) >= 11 is 0. The van der Waals surface area contributed by atoms with Crippen molar-refractivity contribution in [2.24, 2.45) is 0 Å². The molecule has 0 unspecified atom stereocenters. The lowest BCUT2D eigenvalue weighted by molar-refractivity contribution is -0.253. The number of phosphoric acid groups is 2. The molecule has 13 N–H and O–H groups in total. The minimum atomic E-state index is -5.05. The minimum Gasteiger partial charge on any atom is -0.394 e. The lowest BCUT2D eigenvalue weighted by Gasteiger charge is -2.40. The van der Waals surface area contributed by atoms with Gasteiger partial charge in [-0.05, 0) is 0 Å². The van der Waals surface area contributed by atoms with Gasteiger partial charge in [0.2, 0.25) is 5.91 Å². The Labute approximate surface area is 228 Å². The van der Waals surface area contributed by atoms with Gasteiger partial charge in [0, 0.05) is 19.2 Å². The molecule has 0 aliphatic carbocycles. The van der Waals surface area contributed by atoms with E-state index in [9.17, 15) is 49.0 Å². The van der Waals surface area contributed by atoms with Crippen molar-refractivity contribution in [2.75, 3.05) is 13.2 Å². The average Bonchev–Trinajstić information content (AvgIpc) is 3.11. The van der Waals surface area contributed by atoms with Crippen LogP contribution in [-0.4, -0.2) is 133 Å². The second kappa shape index (κ2) is 15.5. The third kappa shape index (κ3) is 11.7. The summed E-state index contributed by atoms with van der Waals surface area (Å²) in [5.74, 6) is -0.462. The predicted octanol–water partition coefficient (Wildman–Crippen LogP) is -6.74. The van der Waals surface area contributed by atoms with Gasteiger partial charge in [-0.25, -0.2) is 13.9 Å². The molecule has 0 aromatic carbocycles. The molecule has 2 saturated heterocycles. The van der Waals surface area contributed by atoms with Crippen molar-refractivity contribution in [3.8, 4) is 0 Å². The van der Waals surface area contributed by atoms with Crippen molar-refractivity contribution in [1.82, 2.24) is 14.9 Å². The standard InChI is InChI=1S/C9H12N2O6.C8H15NO6.H4O7P2/c12-3-4-6(14)7(15)8(17-4)11-2-1-5(13)10-9(11)16;1-3(11)9-5-7(13)6(12)4(2-10)15-8(5)14;1-8(2,3)7-9(4,5)6/h1-2,4,6-8,12,14-15H,3H2,(H,10,13,16);4-8,10,12-14H,2H2,1H3,(H,9,11);(H2,1,2,3)(H2,4,5,6)/t4-,6-,7-,8-;4-,5-,6-,7-,8+;/m11./s1.